The standard InChI is InChI=1S/C20H27N3O5/c1-3-10-27-16-7-5-6-15(12-16)22-18(24)14-23-9-8-21-20(26)17(23)13-19(25)28-11-4-2/h3,5-7,12,17H,1,4,8-11,13-14H2,2H3,(H,21,26)(H,22,24). The molecule has 0 radical (unpaired) electrons. The van der Waals surface area contributed by atoms with Crippen molar-refractivity contribution in [3.63, 3.8) is 0 Å². The van der Waals surface area contributed by atoms with E-state index in [1.807, 2.05) is 6.92 Å². The summed E-state index contributed by atoms with van der Waals surface area (Å²) in [5, 5.41) is 5.52. The fourth-order valence-electron chi connectivity index (χ4n) is 2.81. The lowest BCUT2D eigenvalue weighted by molar-refractivity contribution is -0.148. The molecule has 1 saturated heterocycles. The molecule has 1 aliphatic rings. The fraction of sp³-hybridized carbons (Fsp3) is 0.450. The summed E-state index contributed by atoms with van der Waals surface area (Å²) in [6.07, 6.45) is 2.27. The van der Waals surface area contributed by atoms with Gasteiger partial charge in [-0.2, -0.15) is 0 Å². The summed E-state index contributed by atoms with van der Waals surface area (Å²) in [4.78, 5) is 38.2. The van der Waals surface area contributed by atoms with Crippen LogP contribution in [0.1, 0.15) is 19.8 Å². The number of esters is 1. The number of carbonyl (C=O) groups excluding carboxylic acids is 3. The molecule has 28 heavy (non-hydrogen) atoms. The number of rotatable bonds is 10. The first-order valence-corrected chi connectivity index (χ1v) is 9.34. The Morgan fingerprint density at radius 1 is 1.43 bits per heavy atom. The minimum Gasteiger partial charge on any atom is -0.489 e. The van der Waals surface area contributed by atoms with Crippen LogP contribution in [0.25, 0.3) is 0 Å². The van der Waals surface area contributed by atoms with Crippen molar-refractivity contribution in [3.8, 4) is 5.75 Å². The Balaban J connectivity index is 1.95. The van der Waals surface area contributed by atoms with Crippen molar-refractivity contribution in [2.45, 2.75) is 25.8 Å². The van der Waals surface area contributed by atoms with Gasteiger partial charge >= 0.3 is 5.97 Å². The van der Waals surface area contributed by atoms with E-state index in [2.05, 4.69) is 17.2 Å². The van der Waals surface area contributed by atoms with Gasteiger partial charge in [0.1, 0.15) is 18.4 Å². The summed E-state index contributed by atoms with van der Waals surface area (Å²) in [5.74, 6) is -0.372. The predicted molar refractivity (Wildman–Crippen MR) is 105 cm³/mol. The number of carbonyl (C=O) groups is 3. The number of anilines is 1. The first-order valence-electron chi connectivity index (χ1n) is 9.34. The van der Waals surface area contributed by atoms with Crippen molar-refractivity contribution >= 4 is 23.5 Å². The molecular weight excluding hydrogens is 362 g/mol. The zero-order valence-corrected chi connectivity index (χ0v) is 16.1. The minimum absolute atomic E-state index is 0.00309. The van der Waals surface area contributed by atoms with Crippen molar-refractivity contribution < 1.29 is 23.9 Å². The molecule has 1 atom stereocenters. The number of ether oxygens (including phenoxy) is 2. The summed E-state index contributed by atoms with van der Waals surface area (Å²) in [5.41, 5.74) is 0.590. The number of nitrogens with zero attached hydrogens (tertiary/aromatic N) is 1. The molecular formula is C20H27N3O5. The van der Waals surface area contributed by atoms with Crippen LogP contribution in [0.15, 0.2) is 36.9 Å². The Hall–Kier alpha value is -2.87. The maximum atomic E-state index is 12.5. The van der Waals surface area contributed by atoms with Gasteiger partial charge in [-0.05, 0) is 18.6 Å². The van der Waals surface area contributed by atoms with E-state index in [4.69, 9.17) is 9.47 Å². The normalized spacial score (nSPS) is 16.8. The van der Waals surface area contributed by atoms with Crippen LogP contribution >= 0.6 is 0 Å². The largest absolute Gasteiger partial charge is 0.489 e. The molecule has 2 amide bonds. The Morgan fingerprint density at radius 3 is 3.00 bits per heavy atom. The van der Waals surface area contributed by atoms with Crippen LogP contribution in [-0.4, -0.2) is 61.6 Å². The van der Waals surface area contributed by atoms with E-state index in [-0.39, 0.29) is 24.8 Å². The molecule has 1 aromatic rings. The molecule has 0 aromatic heterocycles. The molecule has 8 nitrogen and oxygen atoms in total. The topological polar surface area (TPSA) is 97.0 Å². The second kappa shape index (κ2) is 11.1. The van der Waals surface area contributed by atoms with Crippen LogP contribution in [0.4, 0.5) is 5.69 Å². The van der Waals surface area contributed by atoms with E-state index in [0.29, 0.717) is 44.2 Å². The van der Waals surface area contributed by atoms with E-state index in [9.17, 15) is 14.4 Å². The second-order valence-electron chi connectivity index (χ2n) is 6.38. The molecule has 8 heteroatoms. The third kappa shape index (κ3) is 6.70. The maximum Gasteiger partial charge on any atom is 0.307 e. The number of benzene rings is 1. The molecule has 0 aliphatic carbocycles. The first kappa shape index (κ1) is 21.4. The second-order valence-corrected chi connectivity index (χ2v) is 6.38. The highest BCUT2D eigenvalue weighted by atomic mass is 16.5. The molecule has 1 aromatic carbocycles. The van der Waals surface area contributed by atoms with E-state index in [0.717, 1.165) is 0 Å². The zero-order chi connectivity index (χ0) is 20.4. The lowest BCUT2D eigenvalue weighted by Gasteiger charge is -2.33. The molecule has 0 spiro atoms. The average Bonchev–Trinajstić information content (AvgIpc) is 2.67. The monoisotopic (exact) mass is 389 g/mol. The van der Waals surface area contributed by atoms with Crippen molar-refractivity contribution in [1.82, 2.24) is 10.2 Å². The van der Waals surface area contributed by atoms with Gasteiger partial charge in [0.25, 0.3) is 0 Å². The van der Waals surface area contributed by atoms with Crippen LogP contribution in [0.5, 0.6) is 5.75 Å². The fourth-order valence-corrected chi connectivity index (χ4v) is 2.81. The smallest absolute Gasteiger partial charge is 0.307 e. The van der Waals surface area contributed by atoms with Crippen molar-refractivity contribution in [3.05, 3.63) is 36.9 Å². The molecule has 0 bridgehead atoms. The van der Waals surface area contributed by atoms with Gasteiger partial charge in [0.05, 0.1) is 19.6 Å². The van der Waals surface area contributed by atoms with Crippen molar-refractivity contribution in [1.29, 1.82) is 0 Å². The highest BCUT2D eigenvalue weighted by Gasteiger charge is 2.33. The van der Waals surface area contributed by atoms with E-state index in [1.165, 1.54) is 0 Å². The quantitative estimate of drug-likeness (QED) is 0.463. The Bertz CT molecular complexity index is 707. The van der Waals surface area contributed by atoms with Gasteiger partial charge in [-0.25, -0.2) is 0 Å². The van der Waals surface area contributed by atoms with Gasteiger partial charge in [-0.3, -0.25) is 19.3 Å². The van der Waals surface area contributed by atoms with Crippen LogP contribution in [0.3, 0.4) is 0 Å². The van der Waals surface area contributed by atoms with Crippen LogP contribution in [-0.2, 0) is 19.1 Å². The number of nitrogens with one attached hydrogen (secondary N) is 2. The van der Waals surface area contributed by atoms with Gasteiger partial charge in [-0.15, -0.1) is 0 Å². The Morgan fingerprint density at radius 2 is 2.25 bits per heavy atom. The third-order valence-electron chi connectivity index (χ3n) is 4.10. The van der Waals surface area contributed by atoms with E-state index in [1.54, 1.807) is 35.2 Å². The SMILES string of the molecule is C=CCOc1cccc(NC(=O)CN2CCNC(=O)C2CC(=O)OCCC)c1. The summed E-state index contributed by atoms with van der Waals surface area (Å²) >= 11 is 0. The van der Waals surface area contributed by atoms with Gasteiger partial charge < -0.3 is 20.1 Å². The van der Waals surface area contributed by atoms with Crippen LogP contribution in [0.2, 0.25) is 0 Å². The van der Waals surface area contributed by atoms with Gasteiger partial charge in [0, 0.05) is 24.8 Å². The Labute approximate surface area is 164 Å². The molecule has 1 unspecified atom stereocenters. The summed E-state index contributed by atoms with van der Waals surface area (Å²) in [6, 6.07) is 6.30. The highest BCUT2D eigenvalue weighted by Crippen LogP contribution is 2.18. The molecule has 1 aliphatic heterocycles. The molecule has 2 N–H and O–H groups in total. The lowest BCUT2D eigenvalue weighted by atomic mass is 10.1. The first-order chi connectivity index (χ1) is 13.5. The number of piperazine rings is 1. The van der Waals surface area contributed by atoms with Gasteiger partial charge in [0.15, 0.2) is 0 Å². The summed E-state index contributed by atoms with van der Waals surface area (Å²) in [7, 11) is 0. The lowest BCUT2D eigenvalue weighted by Crippen LogP contribution is -2.57. The third-order valence-corrected chi connectivity index (χ3v) is 4.10. The van der Waals surface area contributed by atoms with Crippen molar-refractivity contribution in [2.75, 3.05) is 38.2 Å². The molecule has 152 valence electrons. The summed E-state index contributed by atoms with van der Waals surface area (Å²) < 4.78 is 10.5. The number of hydrogen-bond donors (Lipinski definition) is 2. The van der Waals surface area contributed by atoms with Crippen LogP contribution in [0, 0.1) is 0 Å². The van der Waals surface area contributed by atoms with E-state index >= 15 is 0 Å². The minimum atomic E-state index is -0.717. The van der Waals surface area contributed by atoms with Gasteiger partial charge in [-0.1, -0.05) is 25.6 Å². The Kier molecular flexibility index (Phi) is 8.48. The maximum absolute atomic E-state index is 12.5. The predicted octanol–water partition coefficient (Wildman–Crippen LogP) is 1.33. The molecule has 1 fully saturated rings. The van der Waals surface area contributed by atoms with E-state index < -0.39 is 12.0 Å². The molecule has 0 saturated carbocycles. The molecule has 1 heterocycles. The van der Waals surface area contributed by atoms with Crippen molar-refractivity contribution in [2.24, 2.45) is 0 Å². The number of amides is 2. The highest BCUT2D eigenvalue weighted by molar-refractivity contribution is 5.93. The average molecular weight is 389 g/mol. The molecule has 2 rings (SSSR count). The van der Waals surface area contributed by atoms with Crippen LogP contribution < -0.4 is 15.4 Å². The van der Waals surface area contributed by atoms with Gasteiger partial charge in [0.2, 0.25) is 11.8 Å². The number of hydrogen-bond acceptors (Lipinski definition) is 6. The zero-order valence-electron chi connectivity index (χ0n) is 16.1. The summed E-state index contributed by atoms with van der Waals surface area (Å²) in [6.45, 7) is 7.09.